The first-order valence-corrected chi connectivity index (χ1v) is 6.42. The Kier molecular flexibility index (Phi) is 4.13. The maximum Gasteiger partial charge on any atom is 0.123 e. The molecule has 17 heavy (non-hydrogen) atoms. The molecule has 0 spiro atoms. The lowest BCUT2D eigenvalue weighted by molar-refractivity contribution is 0.267. The summed E-state index contributed by atoms with van der Waals surface area (Å²) in [5.74, 6) is 0.699. The fraction of sp³-hybridized carbons (Fsp3) is 0.571. The molecule has 1 aliphatic rings. The second-order valence-electron chi connectivity index (χ2n) is 4.89. The van der Waals surface area contributed by atoms with Crippen molar-refractivity contribution in [1.82, 2.24) is 4.90 Å². The summed E-state index contributed by atoms with van der Waals surface area (Å²) < 4.78 is 13.3. The molecule has 2 N–H and O–H groups in total. The minimum Gasteiger partial charge on any atom is -0.326 e. The van der Waals surface area contributed by atoms with Gasteiger partial charge in [-0.05, 0) is 48.6 Å². The summed E-state index contributed by atoms with van der Waals surface area (Å²) >= 11 is 0. The molecule has 0 atom stereocenters. The van der Waals surface area contributed by atoms with Crippen LogP contribution in [0.15, 0.2) is 18.2 Å². The van der Waals surface area contributed by atoms with Gasteiger partial charge in [-0.3, -0.25) is 4.90 Å². The normalized spacial score (nSPS) is 15.5. The van der Waals surface area contributed by atoms with Crippen molar-refractivity contribution in [3.8, 4) is 0 Å². The van der Waals surface area contributed by atoms with E-state index in [4.69, 9.17) is 5.73 Å². The van der Waals surface area contributed by atoms with Gasteiger partial charge in [0.1, 0.15) is 5.82 Å². The Balaban J connectivity index is 2.06. The van der Waals surface area contributed by atoms with Gasteiger partial charge in [0.15, 0.2) is 0 Å². The molecule has 1 aliphatic carbocycles. The molecule has 0 aromatic heterocycles. The van der Waals surface area contributed by atoms with Crippen molar-refractivity contribution in [2.45, 2.75) is 32.9 Å². The highest BCUT2D eigenvalue weighted by molar-refractivity contribution is 5.27. The summed E-state index contributed by atoms with van der Waals surface area (Å²) in [6.45, 7) is 5.60. The molecular formula is C14H21FN2. The monoisotopic (exact) mass is 236 g/mol. The fourth-order valence-corrected chi connectivity index (χ4v) is 2.15. The Bertz CT molecular complexity index is 374. The number of rotatable bonds is 6. The van der Waals surface area contributed by atoms with E-state index in [1.807, 2.05) is 0 Å². The number of halogens is 1. The first kappa shape index (κ1) is 12.5. The van der Waals surface area contributed by atoms with Gasteiger partial charge in [0, 0.05) is 19.6 Å². The predicted octanol–water partition coefficient (Wildman–Crippen LogP) is 2.52. The Morgan fingerprint density at radius 3 is 2.71 bits per heavy atom. The summed E-state index contributed by atoms with van der Waals surface area (Å²) in [7, 11) is 0. The summed E-state index contributed by atoms with van der Waals surface area (Å²) in [6.07, 6.45) is 2.70. The molecule has 0 bridgehead atoms. The van der Waals surface area contributed by atoms with Gasteiger partial charge < -0.3 is 5.73 Å². The third kappa shape index (κ3) is 3.51. The van der Waals surface area contributed by atoms with Crippen LogP contribution in [0.3, 0.4) is 0 Å². The quantitative estimate of drug-likeness (QED) is 0.822. The summed E-state index contributed by atoms with van der Waals surface area (Å²) in [6, 6.07) is 4.91. The van der Waals surface area contributed by atoms with Crippen molar-refractivity contribution in [2.24, 2.45) is 11.7 Å². The van der Waals surface area contributed by atoms with Crippen molar-refractivity contribution in [1.29, 1.82) is 0 Å². The number of hydrogen-bond donors (Lipinski definition) is 1. The zero-order valence-electron chi connectivity index (χ0n) is 10.5. The van der Waals surface area contributed by atoms with Crippen LogP contribution in [0.2, 0.25) is 0 Å². The third-order valence-electron chi connectivity index (χ3n) is 3.44. The maximum absolute atomic E-state index is 13.3. The first-order valence-electron chi connectivity index (χ1n) is 6.42. The van der Waals surface area contributed by atoms with E-state index in [1.165, 1.54) is 18.9 Å². The number of nitrogens with zero attached hydrogens (tertiary/aromatic N) is 1. The number of hydrogen-bond acceptors (Lipinski definition) is 2. The molecule has 0 saturated heterocycles. The van der Waals surface area contributed by atoms with Crippen molar-refractivity contribution >= 4 is 0 Å². The second kappa shape index (κ2) is 5.61. The average Bonchev–Trinajstić information content (AvgIpc) is 3.12. The molecule has 0 aliphatic heterocycles. The van der Waals surface area contributed by atoms with Gasteiger partial charge >= 0.3 is 0 Å². The standard InChI is InChI=1S/C14H21FN2/c1-2-17(9-11-3-4-11)10-13-7-14(15)6-5-12(13)8-16/h5-7,11H,2-4,8-10,16H2,1H3. The highest BCUT2D eigenvalue weighted by Crippen LogP contribution is 2.30. The molecule has 0 unspecified atom stereocenters. The Labute approximate surface area is 103 Å². The molecule has 0 radical (unpaired) electrons. The van der Waals surface area contributed by atoms with E-state index in [9.17, 15) is 4.39 Å². The van der Waals surface area contributed by atoms with Crippen LogP contribution >= 0.6 is 0 Å². The van der Waals surface area contributed by atoms with E-state index in [0.29, 0.717) is 6.54 Å². The van der Waals surface area contributed by atoms with Crippen molar-refractivity contribution < 1.29 is 4.39 Å². The lowest BCUT2D eigenvalue weighted by atomic mass is 10.1. The number of nitrogens with two attached hydrogens (primary N) is 1. The van der Waals surface area contributed by atoms with Crippen LogP contribution in [0.25, 0.3) is 0 Å². The van der Waals surface area contributed by atoms with E-state index in [1.54, 1.807) is 12.1 Å². The minimum absolute atomic E-state index is 0.167. The molecule has 1 saturated carbocycles. The van der Waals surface area contributed by atoms with E-state index >= 15 is 0 Å². The largest absolute Gasteiger partial charge is 0.326 e. The SMILES string of the molecule is CCN(Cc1cc(F)ccc1CN)CC1CC1. The third-order valence-corrected chi connectivity index (χ3v) is 3.44. The fourth-order valence-electron chi connectivity index (χ4n) is 2.15. The minimum atomic E-state index is -0.167. The van der Waals surface area contributed by atoms with E-state index < -0.39 is 0 Å². The van der Waals surface area contributed by atoms with Gasteiger partial charge in [-0.1, -0.05) is 13.0 Å². The van der Waals surface area contributed by atoms with Crippen molar-refractivity contribution in [3.05, 3.63) is 35.1 Å². The van der Waals surface area contributed by atoms with E-state index in [2.05, 4.69) is 11.8 Å². The average molecular weight is 236 g/mol. The maximum atomic E-state index is 13.3. The highest BCUT2D eigenvalue weighted by Gasteiger charge is 2.23. The van der Waals surface area contributed by atoms with Gasteiger partial charge in [-0.2, -0.15) is 0 Å². The van der Waals surface area contributed by atoms with Gasteiger partial charge in [0.05, 0.1) is 0 Å². The van der Waals surface area contributed by atoms with Crippen LogP contribution < -0.4 is 5.73 Å². The summed E-state index contributed by atoms with van der Waals surface area (Å²) in [4.78, 5) is 2.38. The van der Waals surface area contributed by atoms with Crippen LogP contribution in [-0.4, -0.2) is 18.0 Å². The lowest BCUT2D eigenvalue weighted by Crippen LogP contribution is -2.26. The van der Waals surface area contributed by atoms with Crippen LogP contribution in [0.5, 0.6) is 0 Å². The van der Waals surface area contributed by atoms with E-state index in [-0.39, 0.29) is 5.82 Å². The molecule has 0 amide bonds. The van der Waals surface area contributed by atoms with Gasteiger partial charge in [-0.15, -0.1) is 0 Å². The predicted molar refractivity (Wildman–Crippen MR) is 68.0 cm³/mol. The van der Waals surface area contributed by atoms with Gasteiger partial charge in [0.2, 0.25) is 0 Å². The molecule has 1 aromatic carbocycles. The zero-order valence-corrected chi connectivity index (χ0v) is 10.5. The van der Waals surface area contributed by atoms with Crippen LogP contribution in [-0.2, 0) is 13.1 Å². The molecule has 2 rings (SSSR count). The zero-order chi connectivity index (χ0) is 12.3. The molecular weight excluding hydrogens is 215 g/mol. The molecule has 1 fully saturated rings. The van der Waals surface area contributed by atoms with Crippen LogP contribution in [0, 0.1) is 11.7 Å². The van der Waals surface area contributed by atoms with Crippen molar-refractivity contribution in [2.75, 3.05) is 13.1 Å². The van der Waals surface area contributed by atoms with Crippen LogP contribution in [0.1, 0.15) is 30.9 Å². The Morgan fingerprint density at radius 1 is 1.35 bits per heavy atom. The summed E-state index contributed by atoms with van der Waals surface area (Å²) in [5, 5.41) is 0. The highest BCUT2D eigenvalue weighted by atomic mass is 19.1. The first-order chi connectivity index (χ1) is 8.22. The second-order valence-corrected chi connectivity index (χ2v) is 4.89. The summed E-state index contributed by atoms with van der Waals surface area (Å²) in [5.41, 5.74) is 7.78. The molecule has 2 nitrogen and oxygen atoms in total. The molecule has 3 heteroatoms. The Morgan fingerprint density at radius 2 is 2.12 bits per heavy atom. The smallest absolute Gasteiger partial charge is 0.123 e. The molecule has 1 aromatic rings. The van der Waals surface area contributed by atoms with Crippen molar-refractivity contribution in [3.63, 3.8) is 0 Å². The van der Waals surface area contributed by atoms with Gasteiger partial charge in [0.25, 0.3) is 0 Å². The van der Waals surface area contributed by atoms with E-state index in [0.717, 1.165) is 36.7 Å². The molecule has 94 valence electrons. The van der Waals surface area contributed by atoms with Crippen LogP contribution in [0.4, 0.5) is 4.39 Å². The number of benzene rings is 1. The Hall–Kier alpha value is -0.930. The molecule has 0 heterocycles. The van der Waals surface area contributed by atoms with Gasteiger partial charge in [-0.25, -0.2) is 4.39 Å². The topological polar surface area (TPSA) is 29.3 Å². The lowest BCUT2D eigenvalue weighted by Gasteiger charge is -2.21.